The van der Waals surface area contributed by atoms with Crippen molar-refractivity contribution in [2.45, 2.75) is 50.6 Å². The Labute approximate surface area is 188 Å². The van der Waals surface area contributed by atoms with E-state index in [4.69, 9.17) is 9.72 Å². The van der Waals surface area contributed by atoms with Crippen LogP contribution in [0.25, 0.3) is 11.0 Å². The van der Waals surface area contributed by atoms with Gasteiger partial charge in [0.1, 0.15) is 17.8 Å². The quantitative estimate of drug-likeness (QED) is 0.651. The second-order valence-corrected chi connectivity index (χ2v) is 10.4. The fraction of sp³-hybridized carbons (Fsp3) is 0.538. The third kappa shape index (κ3) is 3.07. The molecular formula is C26H31N5O. The lowest BCUT2D eigenvalue weighted by atomic mass is 9.81. The average Bonchev–Trinajstić information content (AvgIpc) is 3.21. The van der Waals surface area contributed by atoms with Gasteiger partial charge in [-0.15, -0.1) is 0 Å². The number of nitrogens with zero attached hydrogens (tertiary/aromatic N) is 3. The van der Waals surface area contributed by atoms with E-state index in [1.54, 1.807) is 6.33 Å². The van der Waals surface area contributed by atoms with Gasteiger partial charge in [-0.3, -0.25) is 4.90 Å². The molecule has 0 amide bonds. The largest absolute Gasteiger partial charge is 0.381 e. The molecule has 166 valence electrons. The van der Waals surface area contributed by atoms with Crippen molar-refractivity contribution >= 4 is 16.9 Å². The summed E-state index contributed by atoms with van der Waals surface area (Å²) in [5.41, 5.74) is 6.63. The summed E-state index contributed by atoms with van der Waals surface area (Å²) in [4.78, 5) is 15.5. The molecule has 4 unspecified atom stereocenters. The molecule has 4 aliphatic rings. The van der Waals surface area contributed by atoms with Crippen LogP contribution in [-0.2, 0) is 11.2 Å². The Balaban J connectivity index is 1.27. The predicted octanol–water partition coefficient (Wildman–Crippen LogP) is 4.19. The monoisotopic (exact) mass is 429 g/mol. The van der Waals surface area contributed by atoms with E-state index in [0.29, 0.717) is 23.8 Å². The number of H-pyrrole nitrogens is 1. The number of ether oxygens (including phenoxy) is 1. The molecule has 32 heavy (non-hydrogen) atoms. The number of aryl methyl sites for hydroxylation is 1. The lowest BCUT2D eigenvalue weighted by Gasteiger charge is -2.40. The van der Waals surface area contributed by atoms with Gasteiger partial charge in [0.15, 0.2) is 0 Å². The first-order valence-electron chi connectivity index (χ1n) is 12.2. The summed E-state index contributed by atoms with van der Waals surface area (Å²) < 4.78 is 5.75. The highest BCUT2D eigenvalue weighted by atomic mass is 16.5. The molecule has 3 fully saturated rings. The van der Waals surface area contributed by atoms with E-state index in [0.717, 1.165) is 49.6 Å². The van der Waals surface area contributed by atoms with Gasteiger partial charge >= 0.3 is 0 Å². The summed E-state index contributed by atoms with van der Waals surface area (Å²) in [5.74, 6) is 3.04. The molecule has 2 saturated heterocycles. The molecule has 6 nitrogen and oxygen atoms in total. The van der Waals surface area contributed by atoms with Gasteiger partial charge in [-0.25, -0.2) is 9.97 Å². The second-order valence-electron chi connectivity index (χ2n) is 10.4. The second kappa shape index (κ2) is 7.29. The molecule has 3 aromatic rings. The number of likely N-dealkylation sites (tertiary alicyclic amines) is 1. The van der Waals surface area contributed by atoms with Crippen LogP contribution in [0.5, 0.6) is 0 Å². The Bertz CT molecular complexity index is 1160. The van der Waals surface area contributed by atoms with E-state index in [9.17, 15) is 0 Å². The minimum atomic E-state index is 0.232. The highest BCUT2D eigenvalue weighted by molar-refractivity contribution is 5.88. The summed E-state index contributed by atoms with van der Waals surface area (Å²) in [7, 11) is 0. The first kappa shape index (κ1) is 19.1. The van der Waals surface area contributed by atoms with Gasteiger partial charge in [0, 0.05) is 36.7 Å². The van der Waals surface area contributed by atoms with Gasteiger partial charge in [0.25, 0.3) is 0 Å². The van der Waals surface area contributed by atoms with Crippen LogP contribution < -0.4 is 5.32 Å². The number of aromatic nitrogens is 3. The molecule has 0 spiro atoms. The zero-order valence-corrected chi connectivity index (χ0v) is 18.7. The number of benzene rings is 1. The van der Waals surface area contributed by atoms with Gasteiger partial charge in [-0.05, 0) is 61.3 Å². The average molecular weight is 430 g/mol. The molecular weight excluding hydrogens is 398 g/mol. The topological polar surface area (TPSA) is 66.1 Å². The standard InChI is InChI=1S/C26H31N5O/c1-15-3-2-4-20-19(15)7-8-23(31-10-17-12-32-13-18(17)11-31)24(20)30-26-21-9-22(16-5-6-16)29-25(21)27-14-28-26/h2-4,9,14,16-18,23-24H,5-8,10-13H2,1H3,(H2,27,28,29,30). The van der Waals surface area contributed by atoms with E-state index in [1.165, 1.54) is 41.6 Å². The van der Waals surface area contributed by atoms with Crippen molar-refractivity contribution in [2.75, 3.05) is 31.6 Å². The molecule has 0 radical (unpaired) electrons. The van der Waals surface area contributed by atoms with Crippen LogP contribution in [0.3, 0.4) is 0 Å². The minimum Gasteiger partial charge on any atom is -0.381 e. The Morgan fingerprint density at radius 3 is 2.75 bits per heavy atom. The Kier molecular flexibility index (Phi) is 4.34. The van der Waals surface area contributed by atoms with Crippen molar-refractivity contribution < 1.29 is 4.74 Å². The molecule has 6 heteroatoms. The number of hydrogen-bond donors (Lipinski definition) is 2. The lowest BCUT2D eigenvalue weighted by molar-refractivity contribution is 0.127. The molecule has 1 saturated carbocycles. The Hall–Kier alpha value is -2.44. The zero-order valence-electron chi connectivity index (χ0n) is 18.7. The first-order chi connectivity index (χ1) is 15.7. The number of fused-ring (bicyclic) bond motifs is 3. The van der Waals surface area contributed by atoms with E-state index >= 15 is 0 Å². The summed E-state index contributed by atoms with van der Waals surface area (Å²) >= 11 is 0. The lowest BCUT2D eigenvalue weighted by Crippen LogP contribution is -2.44. The van der Waals surface area contributed by atoms with Crippen molar-refractivity contribution in [3.63, 3.8) is 0 Å². The maximum atomic E-state index is 5.75. The normalized spacial score (nSPS) is 29.9. The third-order valence-electron chi connectivity index (χ3n) is 8.35. The zero-order chi connectivity index (χ0) is 21.2. The number of nitrogens with one attached hydrogen (secondary N) is 2. The number of rotatable bonds is 4. The fourth-order valence-corrected chi connectivity index (χ4v) is 6.42. The maximum Gasteiger partial charge on any atom is 0.143 e. The molecule has 7 rings (SSSR count). The molecule has 4 heterocycles. The highest BCUT2D eigenvalue weighted by Crippen LogP contribution is 2.43. The predicted molar refractivity (Wildman–Crippen MR) is 125 cm³/mol. The maximum absolute atomic E-state index is 5.75. The van der Waals surface area contributed by atoms with Crippen LogP contribution in [0.15, 0.2) is 30.6 Å². The van der Waals surface area contributed by atoms with Crippen LogP contribution in [0.4, 0.5) is 5.82 Å². The van der Waals surface area contributed by atoms with Crippen molar-refractivity contribution in [3.8, 4) is 0 Å². The Morgan fingerprint density at radius 1 is 1.09 bits per heavy atom. The summed E-state index contributed by atoms with van der Waals surface area (Å²) in [5, 5.41) is 5.05. The molecule has 2 aliphatic carbocycles. The van der Waals surface area contributed by atoms with Crippen LogP contribution in [0.2, 0.25) is 0 Å². The van der Waals surface area contributed by atoms with Gasteiger partial charge in [-0.2, -0.15) is 0 Å². The van der Waals surface area contributed by atoms with Crippen molar-refractivity contribution in [1.29, 1.82) is 0 Å². The number of anilines is 1. The molecule has 1 aromatic carbocycles. The van der Waals surface area contributed by atoms with Crippen LogP contribution in [0.1, 0.15) is 53.6 Å². The summed E-state index contributed by atoms with van der Waals surface area (Å²) in [6, 6.07) is 9.79. The van der Waals surface area contributed by atoms with Crippen LogP contribution in [-0.4, -0.2) is 52.2 Å². The van der Waals surface area contributed by atoms with E-state index in [2.05, 4.69) is 51.4 Å². The van der Waals surface area contributed by atoms with Crippen molar-refractivity contribution in [3.05, 3.63) is 53.0 Å². The summed E-state index contributed by atoms with van der Waals surface area (Å²) in [6.45, 7) is 6.43. The van der Waals surface area contributed by atoms with Crippen molar-refractivity contribution in [2.24, 2.45) is 11.8 Å². The van der Waals surface area contributed by atoms with Gasteiger partial charge in [0.05, 0.1) is 24.6 Å². The van der Waals surface area contributed by atoms with Crippen molar-refractivity contribution in [1.82, 2.24) is 19.9 Å². The third-order valence-corrected chi connectivity index (χ3v) is 8.35. The molecule has 2 aliphatic heterocycles. The summed E-state index contributed by atoms with van der Waals surface area (Å²) in [6.07, 6.45) is 6.60. The van der Waals surface area contributed by atoms with E-state index in [-0.39, 0.29) is 6.04 Å². The number of aromatic amines is 1. The number of hydrogen-bond acceptors (Lipinski definition) is 5. The smallest absolute Gasteiger partial charge is 0.143 e. The molecule has 2 N–H and O–H groups in total. The molecule has 4 atom stereocenters. The highest BCUT2D eigenvalue weighted by Gasteiger charge is 2.43. The molecule has 0 bridgehead atoms. The van der Waals surface area contributed by atoms with E-state index in [1.807, 2.05) is 0 Å². The van der Waals surface area contributed by atoms with Crippen LogP contribution >= 0.6 is 0 Å². The minimum absolute atomic E-state index is 0.232. The SMILES string of the molecule is Cc1cccc2c1CCC(N1CC3COCC3C1)C2Nc1ncnc2[nH]c(C3CC3)cc12. The van der Waals surface area contributed by atoms with Gasteiger partial charge in [0.2, 0.25) is 0 Å². The van der Waals surface area contributed by atoms with Crippen LogP contribution in [0, 0.1) is 18.8 Å². The van der Waals surface area contributed by atoms with Gasteiger partial charge in [-0.1, -0.05) is 18.2 Å². The fourth-order valence-electron chi connectivity index (χ4n) is 6.42. The van der Waals surface area contributed by atoms with E-state index < -0.39 is 0 Å². The Morgan fingerprint density at radius 2 is 1.94 bits per heavy atom. The molecule has 2 aromatic heterocycles. The first-order valence-corrected chi connectivity index (χ1v) is 12.2. The van der Waals surface area contributed by atoms with Gasteiger partial charge < -0.3 is 15.0 Å².